The van der Waals surface area contributed by atoms with Crippen LogP contribution in [-0.2, 0) is 0 Å². The fourth-order valence-corrected chi connectivity index (χ4v) is 1.31. The van der Waals surface area contributed by atoms with E-state index in [1.165, 1.54) is 0 Å². The van der Waals surface area contributed by atoms with Crippen molar-refractivity contribution in [2.24, 2.45) is 5.73 Å². The SMILES string of the molecule is Cl.NC(=O)c1ccc(Nc2ccnc(N)n2)cc1. The number of anilines is 3. The fourth-order valence-electron chi connectivity index (χ4n) is 1.31. The van der Waals surface area contributed by atoms with Crippen LogP contribution < -0.4 is 16.8 Å². The first-order valence-electron chi connectivity index (χ1n) is 4.90. The van der Waals surface area contributed by atoms with Crippen LogP contribution >= 0.6 is 12.4 Å². The van der Waals surface area contributed by atoms with E-state index in [0.717, 1.165) is 5.69 Å². The van der Waals surface area contributed by atoms with E-state index in [1.54, 1.807) is 36.5 Å². The Morgan fingerprint density at radius 2 is 1.83 bits per heavy atom. The molecule has 0 bridgehead atoms. The minimum Gasteiger partial charge on any atom is -0.368 e. The van der Waals surface area contributed by atoms with Gasteiger partial charge in [0.05, 0.1) is 0 Å². The molecule has 0 atom stereocenters. The number of hydrogen-bond acceptors (Lipinski definition) is 5. The van der Waals surface area contributed by atoms with Crippen molar-refractivity contribution in [2.45, 2.75) is 0 Å². The van der Waals surface area contributed by atoms with Gasteiger partial charge in [-0.3, -0.25) is 4.79 Å². The predicted octanol–water partition coefficient (Wildman–Crippen LogP) is 1.32. The van der Waals surface area contributed by atoms with Crippen LogP contribution in [0.2, 0.25) is 0 Å². The summed E-state index contributed by atoms with van der Waals surface area (Å²) in [5, 5.41) is 3.03. The van der Waals surface area contributed by atoms with Gasteiger partial charge in [0.1, 0.15) is 5.82 Å². The molecule has 1 amide bonds. The average Bonchev–Trinajstić information content (AvgIpc) is 2.29. The Hall–Kier alpha value is -2.34. The molecule has 18 heavy (non-hydrogen) atoms. The smallest absolute Gasteiger partial charge is 0.248 e. The number of halogens is 1. The first-order chi connectivity index (χ1) is 8.15. The van der Waals surface area contributed by atoms with Gasteiger partial charge in [0.15, 0.2) is 0 Å². The summed E-state index contributed by atoms with van der Waals surface area (Å²) in [5.41, 5.74) is 11.8. The summed E-state index contributed by atoms with van der Waals surface area (Å²) in [6.45, 7) is 0. The molecule has 94 valence electrons. The quantitative estimate of drug-likeness (QED) is 0.776. The summed E-state index contributed by atoms with van der Waals surface area (Å²) in [6, 6.07) is 8.43. The Morgan fingerprint density at radius 1 is 1.17 bits per heavy atom. The Bertz CT molecular complexity index is 543. The highest BCUT2D eigenvalue weighted by Crippen LogP contribution is 2.15. The number of carbonyl (C=O) groups is 1. The van der Waals surface area contributed by atoms with Gasteiger partial charge in [-0.1, -0.05) is 0 Å². The molecule has 1 heterocycles. The van der Waals surface area contributed by atoms with Crippen LogP contribution in [0, 0.1) is 0 Å². The summed E-state index contributed by atoms with van der Waals surface area (Å²) < 4.78 is 0. The second kappa shape index (κ2) is 5.83. The van der Waals surface area contributed by atoms with Gasteiger partial charge < -0.3 is 16.8 Å². The largest absolute Gasteiger partial charge is 0.368 e. The highest BCUT2D eigenvalue weighted by molar-refractivity contribution is 5.93. The topological polar surface area (TPSA) is 107 Å². The first kappa shape index (κ1) is 13.7. The second-order valence-electron chi connectivity index (χ2n) is 3.37. The molecule has 0 saturated heterocycles. The van der Waals surface area contributed by atoms with Crippen LogP contribution in [0.25, 0.3) is 0 Å². The van der Waals surface area contributed by atoms with Gasteiger partial charge in [0, 0.05) is 17.4 Å². The van der Waals surface area contributed by atoms with E-state index in [2.05, 4.69) is 15.3 Å². The van der Waals surface area contributed by atoms with E-state index in [9.17, 15) is 4.79 Å². The average molecular weight is 266 g/mol. The molecule has 7 heteroatoms. The van der Waals surface area contributed by atoms with Gasteiger partial charge in [-0.05, 0) is 30.3 Å². The zero-order chi connectivity index (χ0) is 12.3. The van der Waals surface area contributed by atoms with Crippen LogP contribution in [-0.4, -0.2) is 15.9 Å². The molecule has 0 fully saturated rings. The minimum atomic E-state index is -0.456. The van der Waals surface area contributed by atoms with E-state index in [0.29, 0.717) is 11.4 Å². The van der Waals surface area contributed by atoms with Crippen molar-refractivity contribution in [2.75, 3.05) is 11.1 Å². The number of amides is 1. The zero-order valence-corrected chi connectivity index (χ0v) is 10.1. The molecule has 2 aromatic rings. The molecule has 2 rings (SSSR count). The summed E-state index contributed by atoms with van der Waals surface area (Å²) in [4.78, 5) is 18.7. The van der Waals surface area contributed by atoms with Gasteiger partial charge >= 0.3 is 0 Å². The molecule has 1 aromatic carbocycles. The maximum atomic E-state index is 10.9. The van der Waals surface area contributed by atoms with Crippen molar-refractivity contribution in [3.63, 3.8) is 0 Å². The van der Waals surface area contributed by atoms with Gasteiger partial charge in [0.25, 0.3) is 0 Å². The van der Waals surface area contributed by atoms with Crippen LogP contribution in [0.1, 0.15) is 10.4 Å². The maximum Gasteiger partial charge on any atom is 0.248 e. The Balaban J connectivity index is 0.00000162. The molecule has 1 aromatic heterocycles. The zero-order valence-electron chi connectivity index (χ0n) is 9.33. The molecule has 0 aliphatic carbocycles. The lowest BCUT2D eigenvalue weighted by atomic mass is 10.2. The van der Waals surface area contributed by atoms with Gasteiger partial charge in [-0.15, -0.1) is 12.4 Å². The van der Waals surface area contributed by atoms with Crippen molar-refractivity contribution in [1.29, 1.82) is 0 Å². The Kier molecular flexibility index (Phi) is 4.45. The van der Waals surface area contributed by atoms with Gasteiger partial charge in [-0.2, -0.15) is 4.98 Å². The summed E-state index contributed by atoms with van der Waals surface area (Å²) in [5.74, 6) is 0.330. The number of nitrogen functional groups attached to an aromatic ring is 1. The molecule has 0 radical (unpaired) electrons. The fraction of sp³-hybridized carbons (Fsp3) is 0. The van der Waals surface area contributed by atoms with E-state index in [-0.39, 0.29) is 18.4 Å². The van der Waals surface area contributed by atoms with Crippen molar-refractivity contribution < 1.29 is 4.79 Å². The van der Waals surface area contributed by atoms with Crippen molar-refractivity contribution in [3.8, 4) is 0 Å². The number of benzene rings is 1. The van der Waals surface area contributed by atoms with Crippen LogP contribution in [0.4, 0.5) is 17.5 Å². The van der Waals surface area contributed by atoms with Gasteiger partial charge in [-0.25, -0.2) is 4.98 Å². The summed E-state index contributed by atoms with van der Waals surface area (Å²) in [7, 11) is 0. The number of aromatic nitrogens is 2. The van der Waals surface area contributed by atoms with E-state index in [1.807, 2.05) is 0 Å². The number of nitrogens with one attached hydrogen (secondary N) is 1. The molecular formula is C11H12ClN5O. The Labute approximate surface area is 110 Å². The predicted molar refractivity (Wildman–Crippen MR) is 71.9 cm³/mol. The third-order valence-corrected chi connectivity index (χ3v) is 2.12. The van der Waals surface area contributed by atoms with Crippen molar-refractivity contribution in [3.05, 3.63) is 42.1 Å². The molecule has 0 aliphatic rings. The van der Waals surface area contributed by atoms with Crippen LogP contribution in [0.15, 0.2) is 36.5 Å². The van der Waals surface area contributed by atoms with E-state index in [4.69, 9.17) is 11.5 Å². The van der Waals surface area contributed by atoms with Crippen molar-refractivity contribution in [1.82, 2.24) is 9.97 Å². The standard InChI is InChI=1S/C11H11N5O.ClH/c12-10(17)7-1-3-8(4-2-7)15-9-5-6-14-11(13)16-9;/h1-6H,(H2,12,17)(H3,13,14,15,16);1H. The highest BCUT2D eigenvalue weighted by Gasteiger charge is 2.00. The lowest BCUT2D eigenvalue weighted by Crippen LogP contribution is -2.10. The van der Waals surface area contributed by atoms with E-state index >= 15 is 0 Å². The number of carbonyl (C=O) groups excluding carboxylic acids is 1. The maximum absolute atomic E-state index is 10.9. The first-order valence-corrected chi connectivity index (χ1v) is 4.90. The lowest BCUT2D eigenvalue weighted by molar-refractivity contribution is 0.100. The molecular weight excluding hydrogens is 254 g/mol. The number of primary amides is 1. The third-order valence-electron chi connectivity index (χ3n) is 2.12. The normalized spacial score (nSPS) is 9.33. The number of nitrogens with zero attached hydrogens (tertiary/aromatic N) is 2. The summed E-state index contributed by atoms with van der Waals surface area (Å²) in [6.07, 6.45) is 1.56. The minimum absolute atomic E-state index is 0. The molecule has 0 saturated carbocycles. The second-order valence-corrected chi connectivity index (χ2v) is 3.37. The third kappa shape index (κ3) is 3.33. The van der Waals surface area contributed by atoms with Gasteiger partial charge in [0.2, 0.25) is 11.9 Å². The molecule has 0 aliphatic heterocycles. The highest BCUT2D eigenvalue weighted by atomic mass is 35.5. The number of nitrogens with two attached hydrogens (primary N) is 2. The number of rotatable bonds is 3. The Morgan fingerprint density at radius 3 is 2.39 bits per heavy atom. The summed E-state index contributed by atoms with van der Waals surface area (Å²) >= 11 is 0. The van der Waals surface area contributed by atoms with Crippen molar-refractivity contribution >= 4 is 35.8 Å². The van der Waals surface area contributed by atoms with E-state index < -0.39 is 5.91 Å². The molecule has 5 N–H and O–H groups in total. The molecule has 0 unspecified atom stereocenters. The van der Waals surface area contributed by atoms with Crippen LogP contribution in [0.3, 0.4) is 0 Å². The lowest BCUT2D eigenvalue weighted by Gasteiger charge is -2.05. The number of hydrogen-bond donors (Lipinski definition) is 3. The molecule has 6 nitrogen and oxygen atoms in total. The monoisotopic (exact) mass is 265 g/mol. The van der Waals surface area contributed by atoms with Crippen LogP contribution in [0.5, 0.6) is 0 Å². The molecule has 0 spiro atoms.